The van der Waals surface area contributed by atoms with Gasteiger partial charge in [-0.3, -0.25) is 14.6 Å². The summed E-state index contributed by atoms with van der Waals surface area (Å²) in [7, 11) is 0. The Labute approximate surface area is 156 Å². The minimum atomic E-state index is -0.227. The van der Waals surface area contributed by atoms with Crippen molar-refractivity contribution in [1.29, 1.82) is 0 Å². The minimum absolute atomic E-state index is 0.0819. The lowest BCUT2D eigenvalue weighted by Gasteiger charge is -2.37. The minimum Gasteiger partial charge on any atom is -0.336 e. The van der Waals surface area contributed by atoms with Gasteiger partial charge < -0.3 is 10.2 Å². The molecule has 1 aliphatic heterocycles. The number of carbonyl (C=O) groups excluding carboxylic acids is 2. The van der Waals surface area contributed by atoms with Crippen LogP contribution in [0.3, 0.4) is 0 Å². The normalized spacial score (nSPS) is 13.7. The van der Waals surface area contributed by atoms with Crippen molar-refractivity contribution in [1.82, 2.24) is 14.9 Å². The molecule has 27 heavy (non-hydrogen) atoms. The molecule has 2 aromatic carbocycles. The van der Waals surface area contributed by atoms with Crippen LogP contribution in [0.5, 0.6) is 0 Å². The molecule has 6 nitrogen and oxygen atoms in total. The van der Waals surface area contributed by atoms with Gasteiger partial charge in [0, 0.05) is 36.7 Å². The van der Waals surface area contributed by atoms with Crippen molar-refractivity contribution in [3.05, 3.63) is 78.9 Å². The lowest BCUT2D eigenvalue weighted by atomic mass is 9.97. The Hall–Kier alpha value is -3.54. The summed E-state index contributed by atoms with van der Waals surface area (Å²) in [5, 5.41) is 3.01. The summed E-state index contributed by atoms with van der Waals surface area (Å²) >= 11 is 0. The molecular formula is C21H18N4O2. The van der Waals surface area contributed by atoms with E-state index in [2.05, 4.69) is 15.3 Å². The van der Waals surface area contributed by atoms with Crippen LogP contribution >= 0.6 is 0 Å². The summed E-state index contributed by atoms with van der Waals surface area (Å²) in [5.41, 5.74) is 3.08. The summed E-state index contributed by atoms with van der Waals surface area (Å²) in [5.74, 6) is -0.507. The van der Waals surface area contributed by atoms with E-state index in [1.54, 1.807) is 4.90 Å². The molecule has 2 heterocycles. The number of aromatic nitrogens is 2. The number of anilines is 1. The van der Waals surface area contributed by atoms with E-state index in [4.69, 9.17) is 0 Å². The van der Waals surface area contributed by atoms with Crippen LogP contribution in [0.1, 0.15) is 10.5 Å². The average molecular weight is 358 g/mol. The first-order valence-corrected chi connectivity index (χ1v) is 8.73. The molecule has 0 radical (unpaired) electrons. The van der Waals surface area contributed by atoms with Gasteiger partial charge in [0.25, 0.3) is 5.91 Å². The molecule has 0 unspecified atom stereocenters. The van der Waals surface area contributed by atoms with Gasteiger partial charge in [-0.05, 0) is 11.6 Å². The van der Waals surface area contributed by atoms with Crippen molar-refractivity contribution in [2.45, 2.75) is 0 Å². The zero-order chi connectivity index (χ0) is 18.6. The van der Waals surface area contributed by atoms with E-state index in [9.17, 15) is 9.59 Å². The number of benzene rings is 2. The number of likely N-dealkylation sites (tertiary alicyclic amines) is 1. The summed E-state index contributed by atoms with van der Waals surface area (Å²) < 4.78 is 0. The molecule has 0 bridgehead atoms. The van der Waals surface area contributed by atoms with Crippen LogP contribution in [0.25, 0.3) is 11.1 Å². The molecule has 0 saturated carbocycles. The van der Waals surface area contributed by atoms with Crippen LogP contribution in [0.2, 0.25) is 0 Å². The number of rotatable bonds is 4. The fourth-order valence-electron chi connectivity index (χ4n) is 3.08. The highest BCUT2D eigenvalue weighted by atomic mass is 16.2. The Kier molecular flexibility index (Phi) is 4.61. The third-order valence-electron chi connectivity index (χ3n) is 4.59. The van der Waals surface area contributed by atoms with Gasteiger partial charge in [-0.1, -0.05) is 48.5 Å². The highest BCUT2D eigenvalue weighted by molar-refractivity contribution is 5.99. The zero-order valence-corrected chi connectivity index (χ0v) is 14.6. The van der Waals surface area contributed by atoms with E-state index in [0.717, 1.165) is 16.8 Å². The molecular weight excluding hydrogens is 340 g/mol. The Morgan fingerprint density at radius 1 is 0.963 bits per heavy atom. The van der Waals surface area contributed by atoms with Crippen molar-refractivity contribution in [2.75, 3.05) is 18.4 Å². The van der Waals surface area contributed by atoms with Gasteiger partial charge in [-0.2, -0.15) is 0 Å². The fourth-order valence-corrected chi connectivity index (χ4v) is 3.08. The topological polar surface area (TPSA) is 75.2 Å². The molecule has 1 saturated heterocycles. The first-order chi connectivity index (χ1) is 13.2. The molecule has 6 heteroatoms. The van der Waals surface area contributed by atoms with E-state index in [1.165, 1.54) is 18.6 Å². The second-order valence-corrected chi connectivity index (χ2v) is 6.40. The van der Waals surface area contributed by atoms with Gasteiger partial charge in [-0.25, -0.2) is 4.98 Å². The van der Waals surface area contributed by atoms with Crippen LogP contribution in [0.4, 0.5) is 5.69 Å². The number of hydrogen-bond acceptors (Lipinski definition) is 4. The number of hydrogen-bond donors (Lipinski definition) is 1. The Balaban J connectivity index is 1.41. The van der Waals surface area contributed by atoms with Crippen LogP contribution in [0, 0.1) is 5.92 Å². The number of nitrogens with zero attached hydrogens (tertiary/aromatic N) is 3. The first kappa shape index (κ1) is 16.9. The fraction of sp³-hybridized carbons (Fsp3) is 0.143. The van der Waals surface area contributed by atoms with Gasteiger partial charge in [0.15, 0.2) is 0 Å². The highest BCUT2D eigenvalue weighted by Gasteiger charge is 2.36. The van der Waals surface area contributed by atoms with Crippen molar-refractivity contribution in [3.8, 4) is 11.1 Å². The van der Waals surface area contributed by atoms with E-state index in [1.807, 2.05) is 54.6 Å². The monoisotopic (exact) mass is 358 g/mol. The van der Waals surface area contributed by atoms with Crippen molar-refractivity contribution in [3.63, 3.8) is 0 Å². The summed E-state index contributed by atoms with van der Waals surface area (Å²) in [4.78, 5) is 34.4. The van der Waals surface area contributed by atoms with Gasteiger partial charge in [0.1, 0.15) is 5.69 Å². The lowest BCUT2D eigenvalue weighted by molar-refractivity contribution is -0.123. The first-order valence-electron chi connectivity index (χ1n) is 8.73. The molecule has 2 amide bonds. The van der Waals surface area contributed by atoms with Gasteiger partial charge in [-0.15, -0.1) is 0 Å². The van der Waals surface area contributed by atoms with Crippen LogP contribution < -0.4 is 5.32 Å². The molecule has 0 atom stereocenters. The quantitative estimate of drug-likeness (QED) is 0.778. The van der Waals surface area contributed by atoms with E-state index in [-0.39, 0.29) is 17.7 Å². The Morgan fingerprint density at radius 2 is 1.70 bits per heavy atom. The highest BCUT2D eigenvalue weighted by Crippen LogP contribution is 2.29. The van der Waals surface area contributed by atoms with Gasteiger partial charge in [0.2, 0.25) is 5.91 Å². The van der Waals surface area contributed by atoms with Crippen molar-refractivity contribution in [2.24, 2.45) is 5.92 Å². The second-order valence-electron chi connectivity index (χ2n) is 6.40. The summed E-state index contributed by atoms with van der Waals surface area (Å²) in [6, 6.07) is 17.6. The molecule has 1 N–H and O–H groups in total. The molecule has 1 fully saturated rings. The Morgan fingerprint density at radius 3 is 2.44 bits per heavy atom. The molecule has 0 aliphatic carbocycles. The maximum absolute atomic E-state index is 12.6. The number of amides is 2. The SMILES string of the molecule is O=C(Nc1ccccc1-c1ccccc1)C1CN(C(=O)c2cnccn2)C1. The van der Waals surface area contributed by atoms with Crippen LogP contribution in [-0.4, -0.2) is 39.8 Å². The second kappa shape index (κ2) is 7.37. The zero-order valence-electron chi connectivity index (χ0n) is 14.6. The largest absolute Gasteiger partial charge is 0.336 e. The Bertz CT molecular complexity index is 954. The molecule has 4 rings (SSSR count). The molecule has 1 aliphatic rings. The van der Waals surface area contributed by atoms with E-state index >= 15 is 0 Å². The molecule has 3 aromatic rings. The third-order valence-corrected chi connectivity index (χ3v) is 4.59. The van der Waals surface area contributed by atoms with Crippen LogP contribution in [-0.2, 0) is 4.79 Å². The van der Waals surface area contributed by atoms with Gasteiger partial charge in [0.05, 0.1) is 12.1 Å². The van der Waals surface area contributed by atoms with E-state index < -0.39 is 0 Å². The lowest BCUT2D eigenvalue weighted by Crippen LogP contribution is -2.54. The summed E-state index contributed by atoms with van der Waals surface area (Å²) in [6.45, 7) is 0.767. The average Bonchev–Trinajstić information content (AvgIpc) is 2.68. The molecule has 134 valence electrons. The van der Waals surface area contributed by atoms with Crippen LogP contribution in [0.15, 0.2) is 73.2 Å². The van der Waals surface area contributed by atoms with Crippen molar-refractivity contribution < 1.29 is 9.59 Å². The van der Waals surface area contributed by atoms with Gasteiger partial charge >= 0.3 is 0 Å². The predicted molar refractivity (Wildman–Crippen MR) is 102 cm³/mol. The number of para-hydroxylation sites is 1. The maximum atomic E-state index is 12.6. The maximum Gasteiger partial charge on any atom is 0.274 e. The number of nitrogens with one attached hydrogen (secondary N) is 1. The standard InChI is InChI=1S/C21H18N4O2/c26-20(16-13-25(14-16)21(27)19-12-22-10-11-23-19)24-18-9-5-4-8-17(18)15-6-2-1-3-7-15/h1-12,16H,13-14H2,(H,24,26). The van der Waals surface area contributed by atoms with Crippen molar-refractivity contribution >= 4 is 17.5 Å². The summed E-state index contributed by atoms with van der Waals surface area (Å²) in [6.07, 6.45) is 4.44. The molecule has 0 spiro atoms. The third kappa shape index (κ3) is 3.55. The smallest absolute Gasteiger partial charge is 0.274 e. The molecule has 1 aromatic heterocycles. The number of carbonyl (C=O) groups is 2. The predicted octanol–water partition coefficient (Wildman–Crippen LogP) is 2.85. The van der Waals surface area contributed by atoms with E-state index in [0.29, 0.717) is 18.8 Å².